The summed E-state index contributed by atoms with van der Waals surface area (Å²) in [7, 11) is 0. The highest BCUT2D eigenvalue weighted by molar-refractivity contribution is 8.00. The van der Waals surface area contributed by atoms with Crippen LogP contribution >= 0.6 is 23.1 Å². The van der Waals surface area contributed by atoms with Gasteiger partial charge in [0.1, 0.15) is 10.4 Å². The van der Waals surface area contributed by atoms with Gasteiger partial charge >= 0.3 is 0 Å². The van der Waals surface area contributed by atoms with Gasteiger partial charge in [-0.1, -0.05) is 18.7 Å². The van der Waals surface area contributed by atoms with Gasteiger partial charge in [0.25, 0.3) is 5.91 Å². The summed E-state index contributed by atoms with van der Waals surface area (Å²) in [5.74, 6) is 1.17. The topological polar surface area (TPSA) is 62.7 Å². The van der Waals surface area contributed by atoms with E-state index in [1.54, 1.807) is 23.1 Å². The molecule has 1 aromatic heterocycles. The quantitative estimate of drug-likeness (QED) is 0.739. The van der Waals surface area contributed by atoms with E-state index in [9.17, 15) is 9.59 Å². The largest absolute Gasteiger partial charge is 0.368 e. The van der Waals surface area contributed by atoms with E-state index in [2.05, 4.69) is 11.9 Å². The van der Waals surface area contributed by atoms with Crippen molar-refractivity contribution in [3.63, 3.8) is 0 Å². The summed E-state index contributed by atoms with van der Waals surface area (Å²) in [6, 6.07) is 0. The van der Waals surface area contributed by atoms with Crippen LogP contribution < -0.4 is 0 Å². The number of hydrogen-bond acceptors (Lipinski definition) is 6. The van der Waals surface area contributed by atoms with E-state index >= 15 is 0 Å². The summed E-state index contributed by atoms with van der Waals surface area (Å²) in [6.07, 6.45) is 1.86. The number of amides is 2. The fraction of sp³-hybridized carbons (Fsp3) is 0.688. The van der Waals surface area contributed by atoms with Crippen LogP contribution in [-0.2, 0) is 20.7 Å². The van der Waals surface area contributed by atoms with Gasteiger partial charge in [0.05, 0.1) is 12.1 Å². The molecule has 8 heteroatoms. The lowest BCUT2D eigenvalue weighted by Crippen LogP contribution is -2.53. The van der Waals surface area contributed by atoms with Crippen LogP contribution in [0.2, 0.25) is 0 Å². The molecule has 0 aromatic carbocycles. The second kappa shape index (κ2) is 8.31. The Labute approximate surface area is 150 Å². The minimum Gasteiger partial charge on any atom is -0.368 e. The minimum atomic E-state index is -0.267. The molecule has 1 aromatic rings. The molecule has 24 heavy (non-hydrogen) atoms. The van der Waals surface area contributed by atoms with Gasteiger partial charge in [0, 0.05) is 38.2 Å². The highest BCUT2D eigenvalue weighted by atomic mass is 32.2. The van der Waals surface area contributed by atoms with Crippen LogP contribution in [0.3, 0.4) is 0 Å². The van der Waals surface area contributed by atoms with Crippen LogP contribution in [0.25, 0.3) is 0 Å². The standard InChI is InChI=1S/C16H23N3O3S2/c1-2-23-16-17-12(11-24-16)10-14(20)18-5-7-19(8-6-18)15(21)13-4-3-9-22-13/h11,13H,2-10H2,1H3/t13-/m1/s1. The monoisotopic (exact) mass is 369 g/mol. The summed E-state index contributed by atoms with van der Waals surface area (Å²) in [5, 5.41) is 1.97. The molecule has 0 bridgehead atoms. The number of rotatable bonds is 5. The Hall–Kier alpha value is -1.12. The Balaban J connectivity index is 1.46. The van der Waals surface area contributed by atoms with Crippen LogP contribution in [0.4, 0.5) is 0 Å². The first-order chi connectivity index (χ1) is 11.7. The number of aromatic nitrogens is 1. The van der Waals surface area contributed by atoms with Gasteiger partial charge in [-0.15, -0.1) is 11.3 Å². The maximum atomic E-state index is 12.4. The van der Waals surface area contributed by atoms with Crippen molar-refractivity contribution in [3.8, 4) is 0 Å². The van der Waals surface area contributed by atoms with Crippen LogP contribution in [0.15, 0.2) is 9.72 Å². The van der Waals surface area contributed by atoms with Crippen molar-refractivity contribution in [2.45, 2.75) is 36.6 Å². The summed E-state index contributed by atoms with van der Waals surface area (Å²) in [5.41, 5.74) is 0.846. The minimum absolute atomic E-state index is 0.0836. The number of hydrogen-bond donors (Lipinski definition) is 0. The van der Waals surface area contributed by atoms with E-state index < -0.39 is 0 Å². The Bertz CT molecular complexity index is 579. The smallest absolute Gasteiger partial charge is 0.251 e. The molecule has 3 heterocycles. The molecule has 2 aliphatic heterocycles. The van der Waals surface area contributed by atoms with Gasteiger partial charge in [-0.2, -0.15) is 0 Å². The second-order valence-electron chi connectivity index (χ2n) is 5.92. The lowest BCUT2D eigenvalue weighted by molar-refractivity contribution is -0.145. The van der Waals surface area contributed by atoms with Crippen molar-refractivity contribution in [2.75, 3.05) is 38.5 Å². The van der Waals surface area contributed by atoms with Gasteiger partial charge < -0.3 is 14.5 Å². The van der Waals surface area contributed by atoms with E-state index in [1.807, 2.05) is 15.2 Å². The van der Waals surface area contributed by atoms with Gasteiger partial charge in [-0.25, -0.2) is 4.98 Å². The molecule has 0 radical (unpaired) electrons. The van der Waals surface area contributed by atoms with E-state index in [4.69, 9.17) is 4.74 Å². The van der Waals surface area contributed by atoms with Crippen LogP contribution in [-0.4, -0.2) is 71.2 Å². The van der Waals surface area contributed by atoms with Crippen LogP contribution in [0.5, 0.6) is 0 Å². The molecule has 3 rings (SSSR count). The fourth-order valence-corrected chi connectivity index (χ4v) is 4.72. The zero-order valence-corrected chi connectivity index (χ0v) is 15.5. The average molecular weight is 370 g/mol. The maximum absolute atomic E-state index is 12.4. The van der Waals surface area contributed by atoms with Crippen molar-refractivity contribution >= 4 is 34.9 Å². The number of thioether (sulfide) groups is 1. The lowest BCUT2D eigenvalue weighted by atomic mass is 10.2. The molecule has 0 saturated carbocycles. The first kappa shape index (κ1) is 17.7. The summed E-state index contributed by atoms with van der Waals surface area (Å²) in [6.45, 7) is 5.15. The lowest BCUT2D eigenvalue weighted by Gasteiger charge is -2.35. The van der Waals surface area contributed by atoms with Gasteiger partial charge in [-0.3, -0.25) is 9.59 Å². The molecule has 0 unspecified atom stereocenters. The molecule has 1 atom stereocenters. The van der Waals surface area contributed by atoms with Crippen molar-refractivity contribution in [1.29, 1.82) is 0 Å². The Morgan fingerprint density at radius 2 is 2.08 bits per heavy atom. The number of nitrogens with zero attached hydrogens (tertiary/aromatic N) is 3. The normalized spacial score (nSPS) is 21.3. The third-order valence-corrected chi connectivity index (χ3v) is 6.23. The van der Waals surface area contributed by atoms with Crippen molar-refractivity contribution in [3.05, 3.63) is 11.1 Å². The Morgan fingerprint density at radius 3 is 2.75 bits per heavy atom. The van der Waals surface area contributed by atoms with Gasteiger partial charge in [0.15, 0.2) is 0 Å². The van der Waals surface area contributed by atoms with E-state index in [0.29, 0.717) is 39.2 Å². The first-order valence-corrected chi connectivity index (χ1v) is 10.3. The molecule has 132 valence electrons. The Morgan fingerprint density at radius 1 is 1.33 bits per heavy atom. The number of piperazine rings is 1. The molecule has 2 aliphatic rings. The van der Waals surface area contributed by atoms with E-state index in [1.165, 1.54) is 0 Å². The van der Waals surface area contributed by atoms with Crippen molar-refractivity contribution in [1.82, 2.24) is 14.8 Å². The summed E-state index contributed by atoms with van der Waals surface area (Å²) in [4.78, 5) is 32.9. The maximum Gasteiger partial charge on any atom is 0.251 e. The molecule has 0 aliphatic carbocycles. The number of thiazole rings is 1. The summed E-state index contributed by atoms with van der Waals surface area (Å²) < 4.78 is 6.48. The SMILES string of the molecule is CCSc1nc(CC(=O)N2CCN(C(=O)[C@H]3CCCO3)CC2)cs1. The zero-order chi connectivity index (χ0) is 16.9. The second-order valence-corrected chi connectivity index (χ2v) is 8.29. The van der Waals surface area contributed by atoms with Gasteiger partial charge in [-0.05, 0) is 18.6 Å². The molecular formula is C16H23N3O3S2. The highest BCUT2D eigenvalue weighted by Gasteiger charge is 2.31. The number of carbonyl (C=O) groups is 2. The highest BCUT2D eigenvalue weighted by Crippen LogP contribution is 2.22. The first-order valence-electron chi connectivity index (χ1n) is 8.42. The number of ether oxygens (including phenoxy) is 1. The summed E-state index contributed by atoms with van der Waals surface area (Å²) >= 11 is 3.30. The third-order valence-electron chi connectivity index (χ3n) is 4.28. The molecule has 0 N–H and O–H groups in total. The molecule has 2 amide bonds. The molecular weight excluding hydrogens is 346 g/mol. The molecule has 6 nitrogen and oxygen atoms in total. The van der Waals surface area contributed by atoms with Gasteiger partial charge in [0.2, 0.25) is 5.91 Å². The predicted octanol–water partition coefficient (Wildman–Crippen LogP) is 1.65. The van der Waals surface area contributed by atoms with Crippen LogP contribution in [0.1, 0.15) is 25.5 Å². The van der Waals surface area contributed by atoms with Crippen molar-refractivity contribution < 1.29 is 14.3 Å². The van der Waals surface area contributed by atoms with E-state index in [0.717, 1.165) is 28.6 Å². The predicted molar refractivity (Wildman–Crippen MR) is 94.4 cm³/mol. The third kappa shape index (κ3) is 4.29. The van der Waals surface area contributed by atoms with Crippen LogP contribution in [0, 0.1) is 0 Å². The van der Waals surface area contributed by atoms with E-state index in [-0.39, 0.29) is 17.9 Å². The molecule has 0 spiro atoms. The molecule has 2 fully saturated rings. The average Bonchev–Trinajstić information content (AvgIpc) is 3.27. The zero-order valence-electron chi connectivity index (χ0n) is 13.9. The van der Waals surface area contributed by atoms with Crippen molar-refractivity contribution in [2.24, 2.45) is 0 Å². The number of carbonyl (C=O) groups excluding carboxylic acids is 2. The fourth-order valence-electron chi connectivity index (χ4n) is 2.98. The Kier molecular flexibility index (Phi) is 6.13. The molecule has 2 saturated heterocycles.